The number of carboxylic acid groups (broad SMARTS) is 1. The van der Waals surface area contributed by atoms with E-state index in [0.717, 1.165) is 44.9 Å². The third-order valence-electron chi connectivity index (χ3n) is 4.70. The Labute approximate surface area is 148 Å². The van der Waals surface area contributed by atoms with Gasteiger partial charge in [0.25, 0.3) is 0 Å². The first-order valence-electron chi connectivity index (χ1n) is 10.2. The Hall–Kier alpha value is -0.610. The van der Waals surface area contributed by atoms with Crippen LogP contribution in [0.3, 0.4) is 0 Å². The van der Waals surface area contributed by atoms with Crippen molar-refractivity contribution in [3.8, 4) is 0 Å². The first kappa shape index (κ1) is 23.4. The highest BCUT2D eigenvalue weighted by atomic mass is 17.1. The standard InChI is InChI=1S/C20H40O4/c1-2-3-4-5-10-13-16-19(24-23)17-14-11-8-6-7-9-12-15-18-20(21)22/h19,23H,2-18H2,1H3,(H,21,22). The van der Waals surface area contributed by atoms with E-state index in [1.54, 1.807) is 0 Å². The second-order valence-electron chi connectivity index (χ2n) is 7.04. The van der Waals surface area contributed by atoms with Gasteiger partial charge in [-0.05, 0) is 19.3 Å². The van der Waals surface area contributed by atoms with Gasteiger partial charge in [0, 0.05) is 6.42 Å². The van der Waals surface area contributed by atoms with Gasteiger partial charge in [0.2, 0.25) is 0 Å². The summed E-state index contributed by atoms with van der Waals surface area (Å²) in [6.45, 7) is 2.23. The van der Waals surface area contributed by atoms with Gasteiger partial charge in [-0.3, -0.25) is 10.1 Å². The van der Waals surface area contributed by atoms with E-state index >= 15 is 0 Å². The van der Waals surface area contributed by atoms with Crippen molar-refractivity contribution in [3.63, 3.8) is 0 Å². The van der Waals surface area contributed by atoms with Crippen molar-refractivity contribution in [1.29, 1.82) is 0 Å². The van der Waals surface area contributed by atoms with Crippen LogP contribution in [0.2, 0.25) is 0 Å². The zero-order valence-electron chi connectivity index (χ0n) is 15.8. The molecular formula is C20H40O4. The predicted molar refractivity (Wildman–Crippen MR) is 99.3 cm³/mol. The molecule has 0 aliphatic carbocycles. The van der Waals surface area contributed by atoms with Crippen LogP contribution in [0.1, 0.15) is 116 Å². The van der Waals surface area contributed by atoms with Gasteiger partial charge >= 0.3 is 5.97 Å². The summed E-state index contributed by atoms with van der Waals surface area (Å²) in [5.74, 6) is -0.684. The van der Waals surface area contributed by atoms with E-state index in [2.05, 4.69) is 11.8 Å². The molecule has 0 radical (unpaired) electrons. The van der Waals surface area contributed by atoms with Crippen molar-refractivity contribution in [3.05, 3.63) is 0 Å². The van der Waals surface area contributed by atoms with Crippen molar-refractivity contribution in [2.75, 3.05) is 0 Å². The van der Waals surface area contributed by atoms with E-state index in [1.807, 2.05) is 0 Å². The van der Waals surface area contributed by atoms with Crippen LogP contribution in [-0.4, -0.2) is 22.4 Å². The Morgan fingerprint density at radius 1 is 0.750 bits per heavy atom. The summed E-state index contributed by atoms with van der Waals surface area (Å²) >= 11 is 0. The van der Waals surface area contributed by atoms with Gasteiger partial charge in [0.1, 0.15) is 0 Å². The van der Waals surface area contributed by atoms with Crippen LogP contribution in [0, 0.1) is 0 Å². The molecule has 144 valence electrons. The third kappa shape index (κ3) is 17.7. The molecule has 24 heavy (non-hydrogen) atoms. The molecule has 0 saturated carbocycles. The van der Waals surface area contributed by atoms with Crippen LogP contribution >= 0.6 is 0 Å². The lowest BCUT2D eigenvalue weighted by molar-refractivity contribution is -0.281. The lowest BCUT2D eigenvalue weighted by Gasteiger charge is -2.13. The average molecular weight is 345 g/mol. The SMILES string of the molecule is CCCCCCCCC(CCCCCCCCCCC(=O)O)OO. The molecule has 4 nitrogen and oxygen atoms in total. The number of carbonyl (C=O) groups is 1. The molecule has 1 unspecified atom stereocenters. The summed E-state index contributed by atoms with van der Waals surface area (Å²) in [5, 5.41) is 17.5. The first-order chi connectivity index (χ1) is 11.7. The van der Waals surface area contributed by atoms with Gasteiger partial charge < -0.3 is 5.11 Å². The van der Waals surface area contributed by atoms with E-state index in [9.17, 15) is 4.79 Å². The number of aliphatic carboxylic acids is 1. The lowest BCUT2D eigenvalue weighted by Crippen LogP contribution is -2.10. The monoisotopic (exact) mass is 344 g/mol. The molecule has 4 heteroatoms. The highest BCUT2D eigenvalue weighted by Crippen LogP contribution is 2.16. The molecule has 0 aliphatic heterocycles. The van der Waals surface area contributed by atoms with Crippen LogP contribution < -0.4 is 0 Å². The van der Waals surface area contributed by atoms with E-state index in [1.165, 1.54) is 57.8 Å². The van der Waals surface area contributed by atoms with Gasteiger partial charge in [-0.2, -0.15) is 0 Å². The molecule has 0 bridgehead atoms. The summed E-state index contributed by atoms with van der Waals surface area (Å²) in [4.78, 5) is 15.0. The molecule has 0 aromatic carbocycles. The minimum absolute atomic E-state index is 0.0205. The molecule has 0 rings (SSSR count). The Bertz CT molecular complexity index is 268. The second kappa shape index (κ2) is 18.7. The van der Waals surface area contributed by atoms with Crippen molar-refractivity contribution < 1.29 is 20.0 Å². The number of unbranched alkanes of at least 4 members (excludes halogenated alkanes) is 12. The van der Waals surface area contributed by atoms with Gasteiger partial charge in [-0.25, -0.2) is 4.89 Å². The zero-order valence-corrected chi connectivity index (χ0v) is 15.8. The van der Waals surface area contributed by atoms with Crippen LogP contribution in [0.25, 0.3) is 0 Å². The Kier molecular flexibility index (Phi) is 18.2. The molecule has 1 atom stereocenters. The fraction of sp³-hybridized carbons (Fsp3) is 0.950. The normalized spacial score (nSPS) is 12.4. The van der Waals surface area contributed by atoms with Gasteiger partial charge in [-0.1, -0.05) is 90.4 Å². The number of rotatable bonds is 19. The van der Waals surface area contributed by atoms with Crippen molar-refractivity contribution in [2.24, 2.45) is 0 Å². The summed E-state index contributed by atoms with van der Waals surface area (Å²) in [6, 6.07) is 0. The molecule has 0 heterocycles. The maximum Gasteiger partial charge on any atom is 0.303 e. The van der Waals surface area contributed by atoms with E-state index in [0.29, 0.717) is 6.42 Å². The Morgan fingerprint density at radius 3 is 1.58 bits per heavy atom. The van der Waals surface area contributed by atoms with Crippen LogP contribution in [0.4, 0.5) is 0 Å². The molecule has 0 amide bonds. The van der Waals surface area contributed by atoms with E-state index in [-0.39, 0.29) is 6.10 Å². The number of hydrogen-bond acceptors (Lipinski definition) is 3. The van der Waals surface area contributed by atoms with E-state index in [4.69, 9.17) is 10.4 Å². The maximum atomic E-state index is 10.4. The van der Waals surface area contributed by atoms with E-state index < -0.39 is 5.97 Å². The smallest absolute Gasteiger partial charge is 0.303 e. The van der Waals surface area contributed by atoms with Gasteiger partial charge in [0.15, 0.2) is 0 Å². The lowest BCUT2D eigenvalue weighted by atomic mass is 10.0. The van der Waals surface area contributed by atoms with Crippen molar-refractivity contribution >= 4 is 5.97 Å². The number of carboxylic acids is 1. The molecule has 0 aromatic heterocycles. The first-order valence-corrected chi connectivity index (χ1v) is 10.2. The van der Waals surface area contributed by atoms with Gasteiger partial charge in [-0.15, -0.1) is 0 Å². The maximum absolute atomic E-state index is 10.4. The molecule has 0 aromatic rings. The largest absolute Gasteiger partial charge is 0.481 e. The second-order valence-corrected chi connectivity index (χ2v) is 7.04. The van der Waals surface area contributed by atoms with Crippen LogP contribution in [0.5, 0.6) is 0 Å². The summed E-state index contributed by atoms with van der Waals surface area (Å²) in [6.07, 6.45) is 18.9. The molecule has 0 saturated heterocycles. The molecular weight excluding hydrogens is 304 g/mol. The fourth-order valence-electron chi connectivity index (χ4n) is 3.11. The van der Waals surface area contributed by atoms with Crippen LogP contribution in [-0.2, 0) is 9.68 Å². The van der Waals surface area contributed by atoms with Crippen molar-refractivity contribution in [2.45, 2.75) is 122 Å². The minimum Gasteiger partial charge on any atom is -0.481 e. The van der Waals surface area contributed by atoms with Crippen LogP contribution in [0.15, 0.2) is 0 Å². The average Bonchev–Trinajstić information content (AvgIpc) is 2.57. The summed E-state index contributed by atoms with van der Waals surface area (Å²) in [7, 11) is 0. The quantitative estimate of drug-likeness (QED) is 0.158. The summed E-state index contributed by atoms with van der Waals surface area (Å²) in [5.41, 5.74) is 0. The highest BCUT2D eigenvalue weighted by molar-refractivity contribution is 5.66. The summed E-state index contributed by atoms with van der Waals surface area (Å²) < 4.78 is 0. The highest BCUT2D eigenvalue weighted by Gasteiger charge is 2.08. The molecule has 0 fully saturated rings. The topological polar surface area (TPSA) is 66.8 Å². The number of hydrogen-bond donors (Lipinski definition) is 2. The molecule has 0 spiro atoms. The van der Waals surface area contributed by atoms with Crippen molar-refractivity contribution in [1.82, 2.24) is 0 Å². The minimum atomic E-state index is -0.684. The fourth-order valence-corrected chi connectivity index (χ4v) is 3.11. The third-order valence-corrected chi connectivity index (χ3v) is 4.70. The Morgan fingerprint density at radius 2 is 1.17 bits per heavy atom. The zero-order chi connectivity index (χ0) is 17.9. The predicted octanol–water partition coefficient (Wildman–Crippen LogP) is 6.58. The molecule has 0 aliphatic rings. The van der Waals surface area contributed by atoms with Gasteiger partial charge in [0.05, 0.1) is 6.10 Å². The molecule has 2 N–H and O–H groups in total. The Balaban J connectivity index is 3.30.